The lowest BCUT2D eigenvalue weighted by atomic mass is 9.72. The average Bonchev–Trinajstić information content (AvgIpc) is 2.72. The first-order valence-electron chi connectivity index (χ1n) is 8.22. The fourth-order valence-electron chi connectivity index (χ4n) is 3.09. The molecule has 2 rings (SSSR count). The molecule has 0 aliphatic carbocycles. The number of hydrogen-bond donors (Lipinski definition) is 1. The second kappa shape index (κ2) is 7.74. The van der Waals surface area contributed by atoms with Gasteiger partial charge in [0.2, 0.25) is 5.41 Å². The number of fused-ring (bicyclic) bond motifs is 1. The van der Waals surface area contributed by atoms with Gasteiger partial charge in [-0.25, -0.2) is 4.39 Å². The molecule has 0 aromatic heterocycles. The molecule has 7 nitrogen and oxygen atoms in total. The van der Waals surface area contributed by atoms with E-state index in [-0.39, 0.29) is 30.9 Å². The van der Waals surface area contributed by atoms with Crippen LogP contribution in [0.25, 0.3) is 0 Å². The first-order valence-corrected chi connectivity index (χ1v) is 8.22. The van der Waals surface area contributed by atoms with Crippen LogP contribution < -0.4 is 5.32 Å². The maximum Gasteiger partial charge on any atom is 0.333 e. The fraction of sp³-hybridized carbons (Fsp3) is 0.444. The van der Waals surface area contributed by atoms with Crippen LogP contribution in [0.1, 0.15) is 36.7 Å². The van der Waals surface area contributed by atoms with Crippen LogP contribution in [0.4, 0.5) is 4.39 Å². The number of carbonyl (C=O) groups excluding carboxylic acids is 4. The van der Waals surface area contributed by atoms with Crippen molar-refractivity contribution in [2.24, 2.45) is 5.41 Å². The topological polar surface area (TPSA) is 98.8 Å². The minimum atomic E-state index is -2.57. The number of hydrogen-bond acceptors (Lipinski definition) is 7. The molecule has 0 amide bonds. The van der Waals surface area contributed by atoms with Gasteiger partial charge >= 0.3 is 11.9 Å². The summed E-state index contributed by atoms with van der Waals surface area (Å²) in [5.41, 5.74) is -2.77. The molecule has 0 saturated heterocycles. The Morgan fingerprint density at radius 1 is 1.19 bits per heavy atom. The molecule has 0 fully saturated rings. The molecule has 1 heterocycles. The number of halogens is 1. The minimum Gasteiger partial charge on any atom is -0.465 e. The molecule has 1 N–H and O–H groups in total. The molecule has 1 aromatic carbocycles. The quantitative estimate of drug-likeness (QED) is 0.618. The van der Waals surface area contributed by atoms with Crippen LogP contribution in [0.5, 0.6) is 0 Å². The fourth-order valence-corrected chi connectivity index (χ4v) is 3.09. The van der Waals surface area contributed by atoms with Crippen molar-refractivity contribution in [1.82, 2.24) is 5.32 Å². The van der Waals surface area contributed by atoms with E-state index < -0.39 is 40.8 Å². The Bertz CT molecular complexity index is 742. The van der Waals surface area contributed by atoms with Gasteiger partial charge in [0.15, 0.2) is 5.78 Å². The van der Waals surface area contributed by atoms with Crippen LogP contribution >= 0.6 is 0 Å². The number of Topliss-reactive ketones (excluding diaryl/α,β-unsaturated/α-hetero) is 2. The van der Waals surface area contributed by atoms with E-state index >= 15 is 0 Å². The van der Waals surface area contributed by atoms with E-state index in [4.69, 9.17) is 9.47 Å². The van der Waals surface area contributed by atoms with Gasteiger partial charge < -0.3 is 14.8 Å². The van der Waals surface area contributed by atoms with E-state index in [0.717, 1.165) is 13.0 Å². The predicted octanol–water partition coefficient (Wildman–Crippen LogP) is 1.18. The highest BCUT2D eigenvalue weighted by molar-refractivity contribution is 6.29. The molecular weight excluding hydrogens is 345 g/mol. The summed E-state index contributed by atoms with van der Waals surface area (Å²) in [4.78, 5) is 51.1. The first-order chi connectivity index (χ1) is 12.3. The van der Waals surface area contributed by atoms with Crippen molar-refractivity contribution in [1.29, 1.82) is 0 Å². The van der Waals surface area contributed by atoms with Crippen LogP contribution in [0.2, 0.25) is 0 Å². The summed E-state index contributed by atoms with van der Waals surface area (Å²) in [5.74, 6) is -4.75. The van der Waals surface area contributed by atoms with Crippen molar-refractivity contribution in [3.8, 4) is 0 Å². The summed E-state index contributed by atoms with van der Waals surface area (Å²) >= 11 is 0. The highest BCUT2D eigenvalue weighted by atomic mass is 19.1. The third-order valence-electron chi connectivity index (χ3n) is 4.24. The Balaban J connectivity index is 2.80. The molecule has 140 valence electrons. The van der Waals surface area contributed by atoms with E-state index in [9.17, 15) is 23.6 Å². The number of benzene rings is 1. The molecule has 1 unspecified atom stereocenters. The molecule has 1 aliphatic rings. The van der Waals surface area contributed by atoms with Gasteiger partial charge in [-0.3, -0.25) is 19.2 Å². The standard InChI is InChI=1S/C18H20FNO6/c1-4-25-16(23)18(17(24)26-5-2)14(10(3)21)20-9-12-11(15(18)22)7-6-8-13(12)19/h6-8,14,20H,4-5,9H2,1-3H3. The molecule has 8 heteroatoms. The lowest BCUT2D eigenvalue weighted by Gasteiger charge is -2.32. The van der Waals surface area contributed by atoms with E-state index in [0.29, 0.717) is 0 Å². The van der Waals surface area contributed by atoms with Crippen molar-refractivity contribution in [2.75, 3.05) is 13.2 Å². The summed E-state index contributed by atoms with van der Waals surface area (Å²) in [6, 6.07) is 2.21. The lowest BCUT2D eigenvalue weighted by Crippen LogP contribution is -2.62. The Morgan fingerprint density at radius 2 is 1.77 bits per heavy atom. The SMILES string of the molecule is CCOC(=O)C1(C(=O)OCC)C(=O)c2cccc(F)c2CNC1C(C)=O. The first kappa shape index (κ1) is 19.7. The van der Waals surface area contributed by atoms with Gasteiger partial charge in [-0.15, -0.1) is 0 Å². The van der Waals surface area contributed by atoms with Gasteiger partial charge in [-0.1, -0.05) is 12.1 Å². The molecular formula is C18H20FNO6. The molecule has 1 aromatic rings. The van der Waals surface area contributed by atoms with Crippen LogP contribution in [0, 0.1) is 11.2 Å². The lowest BCUT2D eigenvalue weighted by molar-refractivity contribution is -0.171. The number of esters is 2. The highest BCUT2D eigenvalue weighted by Gasteiger charge is 2.64. The van der Waals surface area contributed by atoms with E-state index in [2.05, 4.69) is 5.32 Å². The maximum atomic E-state index is 14.2. The molecule has 0 saturated carbocycles. The number of nitrogens with one attached hydrogen (secondary N) is 1. The van der Waals surface area contributed by atoms with Gasteiger partial charge in [-0.2, -0.15) is 0 Å². The summed E-state index contributed by atoms with van der Waals surface area (Å²) in [6.07, 6.45) is 0. The van der Waals surface area contributed by atoms with Crippen molar-refractivity contribution in [3.05, 3.63) is 35.1 Å². The maximum absolute atomic E-state index is 14.2. The summed E-state index contributed by atoms with van der Waals surface area (Å²) in [6.45, 7) is 3.69. The van der Waals surface area contributed by atoms with Crippen LogP contribution in [-0.2, 0) is 30.4 Å². The van der Waals surface area contributed by atoms with E-state index in [1.54, 1.807) is 0 Å². The molecule has 26 heavy (non-hydrogen) atoms. The van der Waals surface area contributed by atoms with Crippen molar-refractivity contribution in [3.63, 3.8) is 0 Å². The monoisotopic (exact) mass is 365 g/mol. The normalized spacial score (nSPS) is 18.5. The van der Waals surface area contributed by atoms with Gasteiger partial charge in [0, 0.05) is 17.7 Å². The number of carbonyl (C=O) groups is 4. The Kier molecular flexibility index (Phi) is 5.86. The van der Waals surface area contributed by atoms with Crippen LogP contribution in [0.15, 0.2) is 18.2 Å². The zero-order valence-electron chi connectivity index (χ0n) is 14.8. The van der Waals surface area contributed by atoms with Crippen molar-refractivity contribution < 1.29 is 33.0 Å². The molecule has 0 spiro atoms. The minimum absolute atomic E-state index is 0.0285. The molecule has 1 atom stereocenters. The van der Waals surface area contributed by atoms with Gasteiger partial charge in [0.05, 0.1) is 13.2 Å². The Labute approximate surface area is 149 Å². The highest BCUT2D eigenvalue weighted by Crippen LogP contribution is 2.36. The number of rotatable bonds is 5. The third kappa shape index (κ3) is 3.01. The average molecular weight is 365 g/mol. The van der Waals surface area contributed by atoms with E-state index in [1.165, 1.54) is 26.0 Å². The van der Waals surface area contributed by atoms with Gasteiger partial charge in [0.25, 0.3) is 0 Å². The van der Waals surface area contributed by atoms with Gasteiger partial charge in [0.1, 0.15) is 17.6 Å². The summed E-state index contributed by atoms with van der Waals surface area (Å²) < 4.78 is 24.1. The van der Waals surface area contributed by atoms with Gasteiger partial charge in [-0.05, 0) is 26.8 Å². The van der Waals surface area contributed by atoms with Crippen LogP contribution in [0.3, 0.4) is 0 Å². The molecule has 1 aliphatic heterocycles. The largest absolute Gasteiger partial charge is 0.465 e. The number of ketones is 2. The molecule has 0 radical (unpaired) electrons. The Hall–Kier alpha value is -2.61. The van der Waals surface area contributed by atoms with E-state index in [1.807, 2.05) is 0 Å². The zero-order chi connectivity index (χ0) is 19.5. The third-order valence-corrected chi connectivity index (χ3v) is 4.24. The zero-order valence-corrected chi connectivity index (χ0v) is 14.8. The summed E-state index contributed by atoms with van der Waals surface area (Å²) in [5, 5.41) is 2.67. The second-order valence-electron chi connectivity index (χ2n) is 5.77. The Morgan fingerprint density at radius 3 is 2.27 bits per heavy atom. The summed E-state index contributed by atoms with van der Waals surface area (Å²) in [7, 11) is 0. The van der Waals surface area contributed by atoms with Crippen LogP contribution in [-0.4, -0.2) is 42.8 Å². The predicted molar refractivity (Wildman–Crippen MR) is 87.7 cm³/mol. The van der Waals surface area contributed by atoms with Crippen molar-refractivity contribution in [2.45, 2.75) is 33.4 Å². The second-order valence-corrected chi connectivity index (χ2v) is 5.77. The number of ether oxygens (including phenoxy) is 2. The van der Waals surface area contributed by atoms with Crippen molar-refractivity contribution >= 4 is 23.5 Å². The smallest absolute Gasteiger partial charge is 0.333 e. The molecule has 0 bridgehead atoms.